The number of Topliss-reactive ketones (excluding diaryl/α,β-unsaturated/α-hetero) is 1. The van der Waals surface area contributed by atoms with E-state index in [4.69, 9.17) is 14.2 Å². The van der Waals surface area contributed by atoms with Crippen LogP contribution in [0.4, 0.5) is 9.59 Å². The molecule has 0 saturated heterocycles. The minimum Gasteiger partial charge on any atom is -0.468 e. The topological polar surface area (TPSA) is 114 Å². The molecule has 2 aromatic carbocycles. The maximum atomic E-state index is 12.4. The molecular weight excluding hydrogens is 396 g/mol. The smallest absolute Gasteiger partial charge is 0.468 e. The van der Waals surface area contributed by atoms with Crippen LogP contribution in [0.1, 0.15) is 18.4 Å². The van der Waals surface area contributed by atoms with Crippen molar-refractivity contribution in [3.63, 3.8) is 0 Å². The molecule has 30 heavy (non-hydrogen) atoms. The second-order valence-electron chi connectivity index (χ2n) is 5.93. The van der Waals surface area contributed by atoms with Crippen LogP contribution in [0.3, 0.4) is 0 Å². The number of esters is 1. The Morgan fingerprint density at radius 1 is 0.800 bits per heavy atom. The fourth-order valence-electron chi connectivity index (χ4n) is 2.79. The summed E-state index contributed by atoms with van der Waals surface area (Å²) in [5, 5.41) is 0. The lowest BCUT2D eigenvalue weighted by molar-refractivity contribution is -0.145. The van der Waals surface area contributed by atoms with Crippen LogP contribution in [0, 0.1) is 0 Å². The first-order valence-electron chi connectivity index (χ1n) is 8.65. The van der Waals surface area contributed by atoms with Crippen LogP contribution in [0.2, 0.25) is 0 Å². The third-order valence-corrected chi connectivity index (χ3v) is 4.05. The standard InChI is InChI=1S/C21H20O9/c1-12(22)17(19(23)26-2)15-10-14(29-20(24)27-3)11-16(30-21(25)28-4)18(15)13-8-6-5-7-9-13/h5-11,17H,1-4H3. The van der Waals surface area contributed by atoms with Crippen LogP contribution in [0.15, 0.2) is 42.5 Å². The summed E-state index contributed by atoms with van der Waals surface area (Å²) in [6.07, 6.45) is -2.10. The number of ether oxygens (including phenoxy) is 5. The summed E-state index contributed by atoms with van der Waals surface area (Å²) >= 11 is 0. The lowest BCUT2D eigenvalue weighted by atomic mass is 9.87. The summed E-state index contributed by atoms with van der Waals surface area (Å²) in [6.45, 7) is 1.21. The number of carbonyl (C=O) groups excluding carboxylic acids is 4. The molecule has 0 aromatic heterocycles. The zero-order chi connectivity index (χ0) is 22.3. The number of ketones is 1. The van der Waals surface area contributed by atoms with Crippen LogP contribution in [-0.4, -0.2) is 45.4 Å². The third kappa shape index (κ3) is 5.13. The Kier molecular flexibility index (Phi) is 7.51. The van der Waals surface area contributed by atoms with Crippen LogP contribution in [-0.2, 0) is 23.8 Å². The van der Waals surface area contributed by atoms with Gasteiger partial charge in [0.2, 0.25) is 0 Å². The molecule has 0 amide bonds. The first-order valence-corrected chi connectivity index (χ1v) is 8.65. The Bertz CT molecular complexity index is 950. The normalized spacial score (nSPS) is 11.1. The second-order valence-corrected chi connectivity index (χ2v) is 5.93. The van der Waals surface area contributed by atoms with Gasteiger partial charge in [-0.2, -0.15) is 0 Å². The molecule has 1 atom stereocenters. The Balaban J connectivity index is 2.85. The van der Waals surface area contributed by atoms with Gasteiger partial charge in [-0.05, 0) is 24.1 Å². The average molecular weight is 416 g/mol. The highest BCUT2D eigenvalue weighted by Gasteiger charge is 2.32. The van der Waals surface area contributed by atoms with E-state index in [-0.39, 0.29) is 22.6 Å². The van der Waals surface area contributed by atoms with E-state index >= 15 is 0 Å². The van der Waals surface area contributed by atoms with Gasteiger partial charge in [-0.25, -0.2) is 9.59 Å². The third-order valence-electron chi connectivity index (χ3n) is 4.05. The summed E-state index contributed by atoms with van der Waals surface area (Å²) < 4.78 is 24.1. The number of benzene rings is 2. The van der Waals surface area contributed by atoms with Gasteiger partial charge in [-0.1, -0.05) is 30.3 Å². The van der Waals surface area contributed by atoms with E-state index in [1.165, 1.54) is 19.1 Å². The van der Waals surface area contributed by atoms with Crippen molar-refractivity contribution < 1.29 is 42.9 Å². The summed E-state index contributed by atoms with van der Waals surface area (Å²) in [7, 11) is 3.37. The van der Waals surface area contributed by atoms with Crippen molar-refractivity contribution in [2.45, 2.75) is 12.8 Å². The van der Waals surface area contributed by atoms with E-state index in [0.717, 1.165) is 21.3 Å². The highest BCUT2D eigenvalue weighted by Crippen LogP contribution is 2.41. The first kappa shape index (κ1) is 22.4. The number of rotatable bonds is 6. The van der Waals surface area contributed by atoms with Crippen LogP contribution >= 0.6 is 0 Å². The fraction of sp³-hybridized carbons (Fsp3) is 0.238. The minimum atomic E-state index is -1.37. The molecule has 158 valence electrons. The quantitative estimate of drug-likeness (QED) is 0.302. The van der Waals surface area contributed by atoms with Crippen LogP contribution < -0.4 is 9.47 Å². The second kappa shape index (κ2) is 10.1. The molecule has 0 aliphatic heterocycles. The summed E-state index contributed by atoms with van der Waals surface area (Å²) in [4.78, 5) is 48.2. The fourth-order valence-corrected chi connectivity index (χ4v) is 2.79. The SMILES string of the molecule is COC(=O)Oc1cc(OC(=O)OC)c(-c2ccccc2)c(C(C(C)=O)C(=O)OC)c1. The predicted octanol–water partition coefficient (Wildman–Crippen LogP) is 3.49. The van der Waals surface area contributed by atoms with Crippen molar-refractivity contribution in [1.29, 1.82) is 0 Å². The van der Waals surface area contributed by atoms with Crippen LogP contribution in [0.25, 0.3) is 11.1 Å². The molecule has 0 heterocycles. The monoisotopic (exact) mass is 416 g/mol. The number of methoxy groups -OCH3 is 3. The van der Waals surface area contributed by atoms with Crippen molar-refractivity contribution in [1.82, 2.24) is 0 Å². The maximum Gasteiger partial charge on any atom is 0.513 e. The largest absolute Gasteiger partial charge is 0.513 e. The minimum absolute atomic E-state index is 0.0976. The van der Waals surface area contributed by atoms with Crippen molar-refractivity contribution in [2.24, 2.45) is 0 Å². The van der Waals surface area contributed by atoms with E-state index in [1.807, 2.05) is 0 Å². The average Bonchev–Trinajstić information content (AvgIpc) is 2.73. The summed E-state index contributed by atoms with van der Waals surface area (Å²) in [5.41, 5.74) is 0.899. The molecule has 0 aliphatic rings. The van der Waals surface area contributed by atoms with Crippen molar-refractivity contribution in [3.05, 3.63) is 48.0 Å². The number of carbonyl (C=O) groups is 4. The molecular formula is C21H20O9. The summed E-state index contributed by atoms with van der Waals surface area (Å²) in [6, 6.07) is 11.2. The highest BCUT2D eigenvalue weighted by molar-refractivity contribution is 6.05. The van der Waals surface area contributed by atoms with E-state index in [1.54, 1.807) is 30.3 Å². The lowest BCUT2D eigenvalue weighted by Crippen LogP contribution is -2.22. The van der Waals surface area contributed by atoms with Gasteiger partial charge >= 0.3 is 18.3 Å². The summed E-state index contributed by atoms with van der Waals surface area (Å²) in [5.74, 6) is -2.95. The van der Waals surface area contributed by atoms with Gasteiger partial charge in [-0.15, -0.1) is 0 Å². The molecule has 0 fully saturated rings. The molecule has 0 N–H and O–H groups in total. The van der Waals surface area contributed by atoms with Gasteiger partial charge in [0, 0.05) is 11.6 Å². The van der Waals surface area contributed by atoms with Crippen molar-refractivity contribution in [3.8, 4) is 22.6 Å². The van der Waals surface area contributed by atoms with Crippen molar-refractivity contribution >= 4 is 24.1 Å². The molecule has 0 bridgehead atoms. The molecule has 0 saturated carbocycles. The van der Waals surface area contributed by atoms with Gasteiger partial charge in [0.05, 0.1) is 21.3 Å². The molecule has 2 rings (SSSR count). The van der Waals surface area contributed by atoms with Gasteiger partial charge in [0.25, 0.3) is 0 Å². The molecule has 0 radical (unpaired) electrons. The van der Waals surface area contributed by atoms with Crippen molar-refractivity contribution in [2.75, 3.05) is 21.3 Å². The number of hydrogen-bond acceptors (Lipinski definition) is 9. The maximum absolute atomic E-state index is 12.4. The predicted molar refractivity (Wildman–Crippen MR) is 103 cm³/mol. The Hall–Kier alpha value is -3.88. The van der Waals surface area contributed by atoms with E-state index in [0.29, 0.717) is 5.56 Å². The Morgan fingerprint density at radius 3 is 1.93 bits per heavy atom. The molecule has 2 aromatic rings. The van der Waals surface area contributed by atoms with Gasteiger partial charge < -0.3 is 23.7 Å². The molecule has 9 heteroatoms. The Labute approximate surface area is 172 Å². The zero-order valence-electron chi connectivity index (χ0n) is 16.8. The lowest BCUT2D eigenvalue weighted by Gasteiger charge is -2.20. The van der Waals surface area contributed by atoms with E-state index < -0.39 is 30.0 Å². The highest BCUT2D eigenvalue weighted by atomic mass is 16.7. The van der Waals surface area contributed by atoms with Gasteiger partial charge in [0.1, 0.15) is 23.2 Å². The van der Waals surface area contributed by atoms with E-state index in [2.05, 4.69) is 9.47 Å². The molecule has 0 spiro atoms. The Morgan fingerprint density at radius 2 is 1.40 bits per heavy atom. The zero-order valence-corrected chi connectivity index (χ0v) is 16.8. The van der Waals surface area contributed by atoms with E-state index in [9.17, 15) is 19.2 Å². The van der Waals surface area contributed by atoms with Crippen LogP contribution in [0.5, 0.6) is 11.5 Å². The van der Waals surface area contributed by atoms with Gasteiger partial charge in [0.15, 0.2) is 0 Å². The first-order chi connectivity index (χ1) is 14.3. The molecule has 0 aliphatic carbocycles. The molecule has 9 nitrogen and oxygen atoms in total. The molecule has 1 unspecified atom stereocenters. The van der Waals surface area contributed by atoms with Gasteiger partial charge in [-0.3, -0.25) is 9.59 Å². The number of hydrogen-bond donors (Lipinski definition) is 0.